The van der Waals surface area contributed by atoms with Crippen molar-refractivity contribution in [3.05, 3.63) is 79.5 Å². The van der Waals surface area contributed by atoms with Gasteiger partial charge < -0.3 is 9.88 Å². The van der Waals surface area contributed by atoms with E-state index in [0.29, 0.717) is 13.0 Å². The Labute approximate surface area is 178 Å². The number of amides is 1. The van der Waals surface area contributed by atoms with Crippen LogP contribution in [-0.2, 0) is 19.4 Å². The molecule has 1 N–H and O–H groups in total. The maximum Gasteiger partial charge on any atom is 0.277 e. The lowest BCUT2D eigenvalue weighted by molar-refractivity contribution is -0.394. The summed E-state index contributed by atoms with van der Waals surface area (Å²) in [4.78, 5) is 33.0. The third-order valence-electron chi connectivity index (χ3n) is 5.71. The summed E-state index contributed by atoms with van der Waals surface area (Å²) >= 11 is 0. The topological polar surface area (TPSA) is 120 Å². The van der Waals surface area contributed by atoms with Gasteiger partial charge in [-0.2, -0.15) is 0 Å². The molecule has 1 heterocycles. The molecule has 31 heavy (non-hydrogen) atoms. The molecule has 1 aliphatic carbocycles. The van der Waals surface area contributed by atoms with Gasteiger partial charge in [-0.05, 0) is 43.7 Å². The number of nitrogens with one attached hydrogen (secondary N) is 1. The first-order valence-electron chi connectivity index (χ1n) is 10.3. The Morgan fingerprint density at radius 3 is 2.39 bits per heavy atom. The van der Waals surface area contributed by atoms with Gasteiger partial charge in [-0.15, -0.1) is 0 Å². The first kappa shape index (κ1) is 20.5. The Kier molecular flexibility index (Phi) is 5.66. The van der Waals surface area contributed by atoms with Crippen LogP contribution in [0.5, 0.6) is 0 Å². The van der Waals surface area contributed by atoms with Crippen LogP contribution in [-0.4, -0.2) is 26.9 Å². The molecule has 160 valence electrons. The SMILES string of the molecule is O=C(NCCCn1c2c(c3ccccc31)CCCC2)c1cc([N+](=O)[O-])cc([N+](=O)[O-])c1. The number of para-hydroxylation sites is 1. The van der Waals surface area contributed by atoms with E-state index in [1.807, 2.05) is 6.07 Å². The summed E-state index contributed by atoms with van der Waals surface area (Å²) in [5, 5.41) is 26.1. The average Bonchev–Trinajstić information content (AvgIpc) is 3.10. The van der Waals surface area contributed by atoms with Crippen molar-refractivity contribution in [3.63, 3.8) is 0 Å². The lowest BCUT2D eigenvalue weighted by Crippen LogP contribution is -2.25. The standard InChI is InChI=1S/C22H22N4O5/c27-22(15-12-16(25(28)29)14-17(13-15)26(30)31)23-10-5-11-24-20-8-3-1-6-18(20)19-7-2-4-9-21(19)24/h1,3,6,8,12-14H,2,4-5,7,9-11H2,(H,23,27). The summed E-state index contributed by atoms with van der Waals surface area (Å²) < 4.78 is 2.33. The molecule has 0 aliphatic heterocycles. The van der Waals surface area contributed by atoms with Crippen LogP contribution in [0.1, 0.15) is 40.9 Å². The summed E-state index contributed by atoms with van der Waals surface area (Å²) in [5.74, 6) is -0.564. The van der Waals surface area contributed by atoms with Crippen molar-refractivity contribution in [1.82, 2.24) is 9.88 Å². The molecule has 9 heteroatoms. The van der Waals surface area contributed by atoms with Gasteiger partial charge in [0, 0.05) is 41.8 Å². The Bertz CT molecular complexity index is 1150. The number of benzene rings is 2. The number of carbonyl (C=O) groups is 1. The maximum atomic E-state index is 12.4. The molecule has 0 radical (unpaired) electrons. The third-order valence-corrected chi connectivity index (χ3v) is 5.71. The second-order valence-electron chi connectivity index (χ2n) is 7.66. The van der Waals surface area contributed by atoms with Crippen LogP contribution in [0.4, 0.5) is 11.4 Å². The van der Waals surface area contributed by atoms with Crippen LogP contribution in [0.2, 0.25) is 0 Å². The van der Waals surface area contributed by atoms with Gasteiger partial charge in [0.25, 0.3) is 17.3 Å². The molecule has 1 aromatic heterocycles. The maximum absolute atomic E-state index is 12.4. The highest BCUT2D eigenvalue weighted by Gasteiger charge is 2.21. The van der Waals surface area contributed by atoms with Gasteiger partial charge in [0.05, 0.1) is 21.5 Å². The van der Waals surface area contributed by atoms with Crippen molar-refractivity contribution in [3.8, 4) is 0 Å². The molecule has 0 unspecified atom stereocenters. The number of hydrogen-bond acceptors (Lipinski definition) is 5. The van der Waals surface area contributed by atoms with Gasteiger partial charge in [-0.1, -0.05) is 18.2 Å². The predicted molar refractivity (Wildman–Crippen MR) is 115 cm³/mol. The molecular formula is C22H22N4O5. The summed E-state index contributed by atoms with van der Waals surface area (Å²) in [5.41, 5.74) is 2.94. The summed E-state index contributed by atoms with van der Waals surface area (Å²) in [6, 6.07) is 11.3. The van der Waals surface area contributed by atoms with Crippen molar-refractivity contribution >= 4 is 28.2 Å². The largest absolute Gasteiger partial charge is 0.352 e. The number of fused-ring (bicyclic) bond motifs is 3. The molecule has 1 amide bonds. The number of non-ortho nitro benzene ring substituents is 2. The van der Waals surface area contributed by atoms with Gasteiger partial charge in [-0.25, -0.2) is 0 Å². The zero-order valence-electron chi connectivity index (χ0n) is 16.9. The van der Waals surface area contributed by atoms with Crippen LogP contribution < -0.4 is 5.32 Å². The highest BCUT2D eigenvalue weighted by Crippen LogP contribution is 2.32. The van der Waals surface area contributed by atoms with E-state index in [1.165, 1.54) is 35.0 Å². The quantitative estimate of drug-likeness (QED) is 0.348. The second-order valence-corrected chi connectivity index (χ2v) is 7.66. The molecule has 4 rings (SSSR count). The fourth-order valence-corrected chi connectivity index (χ4v) is 4.32. The first-order chi connectivity index (χ1) is 15.0. The Hall–Kier alpha value is -3.75. The number of nitro groups is 2. The smallest absolute Gasteiger partial charge is 0.277 e. The fourth-order valence-electron chi connectivity index (χ4n) is 4.32. The van der Waals surface area contributed by atoms with E-state index in [0.717, 1.165) is 37.6 Å². The fraction of sp³-hybridized carbons (Fsp3) is 0.318. The third kappa shape index (κ3) is 4.11. The lowest BCUT2D eigenvalue weighted by Gasteiger charge is -2.16. The van der Waals surface area contributed by atoms with Crippen molar-refractivity contribution < 1.29 is 14.6 Å². The van der Waals surface area contributed by atoms with Crippen molar-refractivity contribution in [2.75, 3.05) is 6.54 Å². The number of aromatic nitrogens is 1. The monoisotopic (exact) mass is 422 g/mol. The van der Waals surface area contributed by atoms with Crippen molar-refractivity contribution in [1.29, 1.82) is 0 Å². The Balaban J connectivity index is 1.45. The molecular weight excluding hydrogens is 400 g/mol. The molecule has 1 aliphatic rings. The molecule has 3 aromatic rings. The van der Waals surface area contributed by atoms with E-state index in [4.69, 9.17) is 0 Å². The van der Waals surface area contributed by atoms with Gasteiger partial charge in [0.2, 0.25) is 0 Å². The van der Waals surface area contributed by atoms with Crippen LogP contribution >= 0.6 is 0 Å². The highest BCUT2D eigenvalue weighted by molar-refractivity contribution is 5.95. The summed E-state index contributed by atoms with van der Waals surface area (Å²) in [7, 11) is 0. The summed E-state index contributed by atoms with van der Waals surface area (Å²) in [6.45, 7) is 1.10. The Morgan fingerprint density at radius 2 is 1.68 bits per heavy atom. The minimum Gasteiger partial charge on any atom is -0.352 e. The van der Waals surface area contributed by atoms with Crippen LogP contribution in [0.15, 0.2) is 42.5 Å². The zero-order chi connectivity index (χ0) is 22.0. The van der Waals surface area contributed by atoms with Gasteiger partial charge >= 0.3 is 0 Å². The molecule has 0 fully saturated rings. The number of nitrogens with zero attached hydrogens (tertiary/aromatic N) is 3. The van der Waals surface area contributed by atoms with Gasteiger partial charge in [0.15, 0.2) is 0 Å². The van der Waals surface area contributed by atoms with E-state index in [-0.39, 0.29) is 5.56 Å². The van der Waals surface area contributed by atoms with Crippen molar-refractivity contribution in [2.24, 2.45) is 0 Å². The molecule has 2 aromatic carbocycles. The van der Waals surface area contributed by atoms with Gasteiger partial charge in [0.1, 0.15) is 0 Å². The zero-order valence-corrected chi connectivity index (χ0v) is 16.9. The van der Waals surface area contributed by atoms with E-state index in [9.17, 15) is 25.0 Å². The highest BCUT2D eigenvalue weighted by atomic mass is 16.6. The average molecular weight is 422 g/mol. The molecule has 0 saturated heterocycles. The van der Waals surface area contributed by atoms with E-state index in [2.05, 4.69) is 28.1 Å². The number of carbonyl (C=O) groups excluding carboxylic acids is 1. The lowest BCUT2D eigenvalue weighted by atomic mass is 9.95. The second kappa shape index (κ2) is 8.55. The number of aryl methyl sites for hydroxylation is 2. The van der Waals surface area contributed by atoms with Crippen molar-refractivity contribution in [2.45, 2.75) is 38.6 Å². The molecule has 0 spiro atoms. The number of hydrogen-bond donors (Lipinski definition) is 1. The van der Waals surface area contributed by atoms with Crippen LogP contribution in [0, 0.1) is 20.2 Å². The Morgan fingerprint density at radius 1 is 1.00 bits per heavy atom. The minimum absolute atomic E-state index is 0.0929. The van der Waals surface area contributed by atoms with Gasteiger partial charge in [-0.3, -0.25) is 25.0 Å². The molecule has 0 bridgehead atoms. The normalized spacial score (nSPS) is 13.0. The van der Waals surface area contributed by atoms with E-state index >= 15 is 0 Å². The molecule has 0 atom stereocenters. The van der Waals surface area contributed by atoms with Crippen LogP contribution in [0.3, 0.4) is 0 Å². The predicted octanol–water partition coefficient (Wildman–Crippen LogP) is 4.16. The number of rotatable bonds is 7. The molecule has 0 saturated carbocycles. The number of nitro benzene ring substituents is 2. The van der Waals surface area contributed by atoms with E-state index in [1.54, 1.807) is 0 Å². The van der Waals surface area contributed by atoms with Crippen LogP contribution in [0.25, 0.3) is 10.9 Å². The van der Waals surface area contributed by atoms with E-state index < -0.39 is 27.1 Å². The minimum atomic E-state index is -0.746. The summed E-state index contributed by atoms with van der Waals surface area (Å²) in [6.07, 6.45) is 5.19. The molecule has 9 nitrogen and oxygen atoms in total. The first-order valence-corrected chi connectivity index (χ1v) is 10.3.